The summed E-state index contributed by atoms with van der Waals surface area (Å²) >= 11 is 0. The van der Waals surface area contributed by atoms with Crippen LogP contribution in [0.1, 0.15) is 38.5 Å². The van der Waals surface area contributed by atoms with Crippen LogP contribution in [0.15, 0.2) is 29.2 Å². The Morgan fingerprint density at radius 2 is 1.42 bits per heavy atom. The van der Waals surface area contributed by atoms with Gasteiger partial charge in [0.15, 0.2) is 0 Å². The molecule has 26 heavy (non-hydrogen) atoms. The Morgan fingerprint density at radius 1 is 0.923 bits per heavy atom. The maximum atomic E-state index is 12.4. The second-order valence-electron chi connectivity index (χ2n) is 8.18. The molecule has 0 spiro atoms. The van der Waals surface area contributed by atoms with E-state index < -0.39 is 21.8 Å². The quantitative estimate of drug-likeness (QED) is 0.689. The molecule has 5 rings (SSSR count). The fourth-order valence-corrected chi connectivity index (χ4v) is 5.99. The van der Waals surface area contributed by atoms with E-state index in [0.29, 0.717) is 23.4 Å². The molecule has 0 aromatic heterocycles. The molecule has 4 aliphatic carbocycles. The molecule has 7 nitrogen and oxygen atoms in total. The van der Waals surface area contributed by atoms with Crippen molar-refractivity contribution in [2.45, 2.75) is 49.0 Å². The average molecular weight is 377 g/mol. The van der Waals surface area contributed by atoms with Gasteiger partial charge in [0.05, 0.1) is 4.90 Å². The number of nitrogens with two attached hydrogens (primary N) is 1. The Kier molecular flexibility index (Phi) is 4.07. The van der Waals surface area contributed by atoms with Gasteiger partial charge < -0.3 is 10.6 Å². The van der Waals surface area contributed by atoms with Crippen LogP contribution in [0.5, 0.6) is 0 Å². The van der Waals surface area contributed by atoms with Crippen molar-refractivity contribution >= 4 is 27.5 Å². The Morgan fingerprint density at radius 3 is 1.88 bits per heavy atom. The van der Waals surface area contributed by atoms with E-state index in [1.807, 2.05) is 0 Å². The van der Waals surface area contributed by atoms with E-state index in [1.54, 1.807) is 0 Å². The molecule has 140 valence electrons. The van der Waals surface area contributed by atoms with Gasteiger partial charge in [0.2, 0.25) is 10.0 Å². The van der Waals surface area contributed by atoms with E-state index in [4.69, 9.17) is 5.14 Å². The van der Waals surface area contributed by atoms with Crippen LogP contribution in [0, 0.1) is 17.8 Å². The molecule has 1 aromatic rings. The van der Waals surface area contributed by atoms with Crippen molar-refractivity contribution in [2.24, 2.45) is 22.9 Å². The lowest BCUT2D eigenvalue weighted by Crippen LogP contribution is -2.61. The van der Waals surface area contributed by atoms with Gasteiger partial charge in [0.25, 0.3) is 0 Å². The maximum Gasteiger partial charge on any atom is 0.313 e. The summed E-state index contributed by atoms with van der Waals surface area (Å²) in [5.74, 6) is 0.674. The molecule has 1 aromatic carbocycles. The number of benzene rings is 1. The lowest BCUT2D eigenvalue weighted by atomic mass is 9.53. The van der Waals surface area contributed by atoms with Crippen LogP contribution in [0.2, 0.25) is 0 Å². The van der Waals surface area contributed by atoms with Crippen molar-refractivity contribution < 1.29 is 18.0 Å². The maximum absolute atomic E-state index is 12.4. The number of anilines is 1. The summed E-state index contributed by atoms with van der Waals surface area (Å²) in [4.78, 5) is 24.6. The van der Waals surface area contributed by atoms with Crippen molar-refractivity contribution in [3.63, 3.8) is 0 Å². The molecule has 0 atom stereocenters. The number of sulfonamides is 1. The number of hydrogen-bond donors (Lipinski definition) is 3. The monoisotopic (exact) mass is 377 g/mol. The van der Waals surface area contributed by atoms with Crippen molar-refractivity contribution in [3.05, 3.63) is 24.3 Å². The minimum Gasteiger partial charge on any atom is -0.342 e. The summed E-state index contributed by atoms with van der Waals surface area (Å²) in [5, 5.41) is 10.6. The third-order valence-corrected chi connectivity index (χ3v) is 6.99. The third kappa shape index (κ3) is 3.35. The molecule has 8 heteroatoms. The van der Waals surface area contributed by atoms with Gasteiger partial charge >= 0.3 is 11.8 Å². The fourth-order valence-electron chi connectivity index (χ4n) is 5.48. The smallest absolute Gasteiger partial charge is 0.313 e. The number of rotatable bonds is 3. The van der Waals surface area contributed by atoms with Gasteiger partial charge in [-0.1, -0.05) is 0 Å². The Balaban J connectivity index is 1.40. The summed E-state index contributed by atoms with van der Waals surface area (Å²) < 4.78 is 22.5. The SMILES string of the molecule is NS(=O)(=O)c1ccc(NC(=O)C(=O)NC23CC4CC(CC(C4)C2)C3)cc1. The summed E-state index contributed by atoms with van der Waals surface area (Å²) in [6, 6.07) is 5.41. The highest BCUT2D eigenvalue weighted by molar-refractivity contribution is 7.89. The standard InChI is InChI=1S/C18H23N3O4S/c19-26(24,25)15-3-1-14(2-4-15)20-16(22)17(23)21-18-8-11-5-12(9-18)7-13(6-11)10-18/h1-4,11-13H,5-10H2,(H,20,22)(H,21,23)(H2,19,24,25). The molecule has 4 fully saturated rings. The molecular formula is C18H23N3O4S. The molecule has 2 amide bonds. The first-order valence-electron chi connectivity index (χ1n) is 8.99. The molecule has 4 saturated carbocycles. The van der Waals surface area contributed by atoms with Gasteiger partial charge in [0, 0.05) is 11.2 Å². The number of hydrogen-bond acceptors (Lipinski definition) is 4. The minimum absolute atomic E-state index is 0.0477. The van der Waals surface area contributed by atoms with Gasteiger partial charge in [-0.2, -0.15) is 0 Å². The van der Waals surface area contributed by atoms with Crippen LogP contribution < -0.4 is 15.8 Å². The Bertz CT molecular complexity index is 812. The largest absolute Gasteiger partial charge is 0.342 e. The lowest BCUT2D eigenvalue weighted by molar-refractivity contribution is -0.139. The number of carbonyl (C=O) groups is 2. The normalized spacial score (nSPS) is 32.3. The predicted molar refractivity (Wildman–Crippen MR) is 95.5 cm³/mol. The first-order chi connectivity index (χ1) is 12.2. The van der Waals surface area contributed by atoms with Gasteiger partial charge in [-0.05, 0) is 80.5 Å². The average Bonchev–Trinajstić information content (AvgIpc) is 2.52. The summed E-state index contributed by atoms with van der Waals surface area (Å²) in [6.07, 6.45) is 6.70. The molecule has 4 N–H and O–H groups in total. The van der Waals surface area contributed by atoms with Crippen molar-refractivity contribution in [1.82, 2.24) is 5.32 Å². The third-order valence-electron chi connectivity index (χ3n) is 6.06. The molecule has 0 saturated heterocycles. The Labute approximate surface area is 152 Å². The van der Waals surface area contributed by atoms with Gasteiger partial charge in [-0.25, -0.2) is 13.6 Å². The Hall–Kier alpha value is -1.93. The van der Waals surface area contributed by atoms with E-state index in [-0.39, 0.29) is 10.4 Å². The second kappa shape index (κ2) is 6.06. The zero-order valence-electron chi connectivity index (χ0n) is 14.4. The topological polar surface area (TPSA) is 118 Å². The molecule has 4 bridgehead atoms. The van der Waals surface area contributed by atoms with Crippen LogP contribution in [0.4, 0.5) is 5.69 Å². The zero-order chi connectivity index (χ0) is 18.5. The number of primary sulfonamides is 1. The second-order valence-corrected chi connectivity index (χ2v) is 9.74. The van der Waals surface area contributed by atoms with E-state index in [9.17, 15) is 18.0 Å². The van der Waals surface area contributed by atoms with Crippen LogP contribution >= 0.6 is 0 Å². The molecule has 0 heterocycles. The summed E-state index contributed by atoms with van der Waals surface area (Å²) in [5.41, 5.74) is 0.128. The number of carbonyl (C=O) groups excluding carboxylic acids is 2. The zero-order valence-corrected chi connectivity index (χ0v) is 15.2. The lowest BCUT2D eigenvalue weighted by Gasteiger charge is -2.56. The van der Waals surface area contributed by atoms with Crippen molar-refractivity contribution in [1.29, 1.82) is 0 Å². The van der Waals surface area contributed by atoms with Crippen molar-refractivity contribution in [3.8, 4) is 0 Å². The molecule has 0 aliphatic heterocycles. The highest BCUT2D eigenvalue weighted by Crippen LogP contribution is 2.55. The minimum atomic E-state index is -3.79. The van der Waals surface area contributed by atoms with E-state index in [1.165, 1.54) is 43.5 Å². The van der Waals surface area contributed by atoms with Crippen molar-refractivity contribution in [2.75, 3.05) is 5.32 Å². The first-order valence-corrected chi connectivity index (χ1v) is 10.5. The predicted octanol–water partition coefficient (Wildman–Crippen LogP) is 1.36. The molecule has 0 radical (unpaired) electrons. The van der Waals surface area contributed by atoms with E-state index in [0.717, 1.165) is 19.3 Å². The molecule has 0 unspecified atom stereocenters. The molecular weight excluding hydrogens is 354 g/mol. The van der Waals surface area contributed by atoms with Crippen LogP contribution in [0.3, 0.4) is 0 Å². The van der Waals surface area contributed by atoms with Crippen LogP contribution in [0.25, 0.3) is 0 Å². The van der Waals surface area contributed by atoms with E-state index in [2.05, 4.69) is 10.6 Å². The number of nitrogens with one attached hydrogen (secondary N) is 2. The first kappa shape index (κ1) is 17.5. The highest BCUT2D eigenvalue weighted by Gasteiger charge is 2.51. The summed E-state index contributed by atoms with van der Waals surface area (Å²) in [6.45, 7) is 0. The molecule has 4 aliphatic rings. The number of amides is 2. The van der Waals surface area contributed by atoms with Crippen LogP contribution in [-0.4, -0.2) is 25.8 Å². The fraction of sp³-hybridized carbons (Fsp3) is 0.556. The van der Waals surface area contributed by atoms with Gasteiger partial charge in [-0.15, -0.1) is 0 Å². The van der Waals surface area contributed by atoms with Gasteiger partial charge in [-0.3, -0.25) is 9.59 Å². The highest BCUT2D eigenvalue weighted by atomic mass is 32.2. The van der Waals surface area contributed by atoms with Crippen LogP contribution in [-0.2, 0) is 19.6 Å². The van der Waals surface area contributed by atoms with Gasteiger partial charge in [0.1, 0.15) is 0 Å². The van der Waals surface area contributed by atoms with E-state index >= 15 is 0 Å². The summed E-state index contributed by atoms with van der Waals surface area (Å²) in [7, 11) is -3.79.